The molecule has 0 N–H and O–H groups in total. The smallest absolute Gasteiger partial charge is 0.119 e. The molecule has 148 valence electrons. The van der Waals surface area contributed by atoms with E-state index in [9.17, 15) is 0 Å². The van der Waals surface area contributed by atoms with E-state index in [4.69, 9.17) is 18.9 Å². The second-order valence-corrected chi connectivity index (χ2v) is 7.51. The molecule has 0 bridgehead atoms. The van der Waals surface area contributed by atoms with E-state index < -0.39 is 0 Å². The van der Waals surface area contributed by atoms with E-state index >= 15 is 0 Å². The van der Waals surface area contributed by atoms with Crippen molar-refractivity contribution < 1.29 is 18.9 Å². The molecule has 0 aromatic heterocycles. The molecule has 2 fully saturated rings. The summed E-state index contributed by atoms with van der Waals surface area (Å²) < 4.78 is 22.0. The van der Waals surface area contributed by atoms with Gasteiger partial charge >= 0.3 is 0 Å². The van der Waals surface area contributed by atoms with E-state index in [2.05, 4.69) is 48.5 Å². The fourth-order valence-electron chi connectivity index (χ4n) is 3.44. The van der Waals surface area contributed by atoms with Crippen molar-refractivity contribution in [3.63, 3.8) is 0 Å². The van der Waals surface area contributed by atoms with Crippen LogP contribution in [0.4, 0.5) is 0 Å². The van der Waals surface area contributed by atoms with Crippen LogP contribution in [0.3, 0.4) is 0 Å². The summed E-state index contributed by atoms with van der Waals surface area (Å²) in [5.41, 5.74) is 3.71. The van der Waals surface area contributed by atoms with Gasteiger partial charge in [0.1, 0.15) is 36.9 Å². The lowest BCUT2D eigenvalue weighted by atomic mass is 9.85. The third-order valence-electron chi connectivity index (χ3n) is 5.24. The van der Waals surface area contributed by atoms with Crippen molar-refractivity contribution >= 4 is 0 Å². The number of benzene rings is 3. The monoisotopic (exact) mass is 388 g/mol. The lowest BCUT2D eigenvalue weighted by Gasteiger charge is -2.20. The Morgan fingerprint density at radius 3 is 1.45 bits per heavy atom. The van der Waals surface area contributed by atoms with Crippen LogP contribution in [-0.4, -0.2) is 38.6 Å². The SMILES string of the molecule is c1ccc(C(c2ccc(OCC3CO3)cc2)c2ccc(OCC3CO3)cc2)cc1. The summed E-state index contributed by atoms with van der Waals surface area (Å²) in [5, 5.41) is 0. The molecule has 2 saturated heterocycles. The molecule has 2 aliphatic heterocycles. The lowest BCUT2D eigenvalue weighted by Crippen LogP contribution is -2.06. The van der Waals surface area contributed by atoms with Crippen molar-refractivity contribution in [1.82, 2.24) is 0 Å². The molecule has 2 heterocycles. The highest BCUT2D eigenvalue weighted by molar-refractivity contribution is 5.45. The van der Waals surface area contributed by atoms with Crippen LogP contribution in [0.15, 0.2) is 78.9 Å². The van der Waals surface area contributed by atoms with Gasteiger partial charge < -0.3 is 18.9 Å². The Balaban J connectivity index is 1.37. The van der Waals surface area contributed by atoms with Crippen molar-refractivity contribution in [2.45, 2.75) is 18.1 Å². The van der Waals surface area contributed by atoms with Gasteiger partial charge in [-0.05, 0) is 41.0 Å². The van der Waals surface area contributed by atoms with Crippen molar-refractivity contribution in [3.05, 3.63) is 95.6 Å². The van der Waals surface area contributed by atoms with Crippen LogP contribution in [0, 0.1) is 0 Å². The number of hydrogen-bond acceptors (Lipinski definition) is 4. The molecular weight excluding hydrogens is 364 g/mol. The Kier molecular flexibility index (Phi) is 5.20. The molecular formula is C25H24O4. The lowest BCUT2D eigenvalue weighted by molar-refractivity contribution is 0.263. The average Bonchev–Trinajstić information content (AvgIpc) is 3.69. The van der Waals surface area contributed by atoms with Crippen LogP contribution >= 0.6 is 0 Å². The van der Waals surface area contributed by atoms with Gasteiger partial charge in [-0.15, -0.1) is 0 Å². The summed E-state index contributed by atoms with van der Waals surface area (Å²) in [5.74, 6) is 1.90. The van der Waals surface area contributed by atoms with Gasteiger partial charge in [0.25, 0.3) is 0 Å². The van der Waals surface area contributed by atoms with Crippen LogP contribution in [0.1, 0.15) is 22.6 Å². The quantitative estimate of drug-likeness (QED) is 0.402. The molecule has 29 heavy (non-hydrogen) atoms. The third-order valence-corrected chi connectivity index (χ3v) is 5.24. The zero-order valence-electron chi connectivity index (χ0n) is 16.2. The van der Waals surface area contributed by atoms with E-state index in [0.29, 0.717) is 13.2 Å². The highest BCUT2D eigenvalue weighted by atomic mass is 16.6. The third kappa shape index (κ3) is 4.78. The highest BCUT2D eigenvalue weighted by Crippen LogP contribution is 2.34. The second kappa shape index (κ2) is 8.27. The Bertz CT molecular complexity index is 854. The van der Waals surface area contributed by atoms with Crippen molar-refractivity contribution in [2.24, 2.45) is 0 Å². The average molecular weight is 388 g/mol. The maximum absolute atomic E-state index is 5.79. The summed E-state index contributed by atoms with van der Waals surface area (Å²) in [4.78, 5) is 0. The standard InChI is InChI=1S/C25H24O4/c1-2-4-18(5-3-1)25(19-6-10-21(11-7-19)26-14-23-16-28-23)20-8-12-22(13-9-20)27-15-24-17-29-24/h1-13,23-25H,14-17H2. The Morgan fingerprint density at radius 1 is 0.621 bits per heavy atom. The van der Waals surface area contributed by atoms with Crippen LogP contribution in [0.2, 0.25) is 0 Å². The van der Waals surface area contributed by atoms with E-state index in [-0.39, 0.29) is 18.1 Å². The normalized spacial score (nSPS) is 20.7. The molecule has 0 amide bonds. The van der Waals surface area contributed by atoms with Gasteiger partial charge in [0, 0.05) is 5.92 Å². The number of epoxide rings is 2. The minimum absolute atomic E-state index is 0.151. The van der Waals surface area contributed by atoms with Gasteiger partial charge in [0.05, 0.1) is 13.2 Å². The van der Waals surface area contributed by atoms with Gasteiger partial charge in [-0.25, -0.2) is 0 Å². The fourth-order valence-corrected chi connectivity index (χ4v) is 3.44. The van der Waals surface area contributed by atoms with Crippen LogP contribution in [0.5, 0.6) is 11.5 Å². The molecule has 2 aliphatic rings. The van der Waals surface area contributed by atoms with Crippen molar-refractivity contribution in [2.75, 3.05) is 26.4 Å². The Hall–Kier alpha value is -2.82. The second-order valence-electron chi connectivity index (χ2n) is 7.51. The maximum Gasteiger partial charge on any atom is 0.119 e. The minimum atomic E-state index is 0.151. The first kappa shape index (κ1) is 18.2. The van der Waals surface area contributed by atoms with E-state index in [1.807, 2.05) is 30.3 Å². The number of ether oxygens (including phenoxy) is 4. The topological polar surface area (TPSA) is 43.5 Å². The predicted octanol–water partition coefficient (Wildman–Crippen LogP) is 4.42. The molecule has 3 aromatic rings. The van der Waals surface area contributed by atoms with Gasteiger partial charge in [-0.2, -0.15) is 0 Å². The highest BCUT2D eigenvalue weighted by Gasteiger charge is 2.24. The molecule has 4 nitrogen and oxygen atoms in total. The van der Waals surface area contributed by atoms with E-state index in [0.717, 1.165) is 24.7 Å². The summed E-state index contributed by atoms with van der Waals surface area (Å²) >= 11 is 0. The summed E-state index contributed by atoms with van der Waals surface area (Å²) in [6.45, 7) is 2.85. The molecule has 3 aromatic carbocycles. The van der Waals surface area contributed by atoms with Gasteiger partial charge in [-0.1, -0.05) is 54.6 Å². The van der Waals surface area contributed by atoms with Crippen LogP contribution in [0.25, 0.3) is 0 Å². The van der Waals surface area contributed by atoms with E-state index in [1.54, 1.807) is 0 Å². The molecule has 0 aliphatic carbocycles. The number of rotatable bonds is 9. The van der Waals surface area contributed by atoms with Gasteiger partial charge in [-0.3, -0.25) is 0 Å². The van der Waals surface area contributed by atoms with Crippen molar-refractivity contribution in [1.29, 1.82) is 0 Å². The first-order valence-electron chi connectivity index (χ1n) is 10.1. The fraction of sp³-hybridized carbons (Fsp3) is 0.280. The molecule has 2 unspecified atom stereocenters. The van der Waals surface area contributed by atoms with Gasteiger partial charge in [0.2, 0.25) is 0 Å². The van der Waals surface area contributed by atoms with Crippen LogP contribution in [-0.2, 0) is 9.47 Å². The molecule has 2 atom stereocenters. The Labute approximate surface area is 171 Å². The minimum Gasteiger partial charge on any atom is -0.491 e. The predicted molar refractivity (Wildman–Crippen MR) is 111 cm³/mol. The first-order valence-corrected chi connectivity index (χ1v) is 10.1. The maximum atomic E-state index is 5.79. The van der Waals surface area contributed by atoms with Crippen molar-refractivity contribution in [3.8, 4) is 11.5 Å². The molecule has 5 rings (SSSR count). The zero-order chi connectivity index (χ0) is 19.5. The molecule has 0 saturated carbocycles. The largest absolute Gasteiger partial charge is 0.491 e. The summed E-state index contributed by atoms with van der Waals surface area (Å²) in [6.07, 6.45) is 0.526. The Morgan fingerprint density at radius 2 is 1.03 bits per heavy atom. The zero-order valence-corrected chi connectivity index (χ0v) is 16.2. The molecule has 0 spiro atoms. The summed E-state index contributed by atoms with van der Waals surface area (Å²) in [6, 6.07) is 27.3. The first-order chi connectivity index (χ1) is 14.3. The van der Waals surface area contributed by atoms with Crippen LogP contribution < -0.4 is 9.47 Å². The molecule has 0 radical (unpaired) electrons. The number of hydrogen-bond donors (Lipinski definition) is 0. The molecule has 4 heteroatoms. The van der Waals surface area contributed by atoms with E-state index in [1.165, 1.54) is 16.7 Å². The summed E-state index contributed by atoms with van der Waals surface area (Å²) in [7, 11) is 0. The van der Waals surface area contributed by atoms with Gasteiger partial charge in [0.15, 0.2) is 0 Å².